The van der Waals surface area contributed by atoms with Crippen molar-refractivity contribution >= 4 is 29.1 Å². The molecule has 130 valence electrons. The molecular weight excluding hydrogens is 336 g/mol. The van der Waals surface area contributed by atoms with Gasteiger partial charge in [0.15, 0.2) is 0 Å². The molecule has 0 aromatic heterocycles. The van der Waals surface area contributed by atoms with E-state index in [4.69, 9.17) is 11.6 Å². The predicted molar refractivity (Wildman–Crippen MR) is 99.4 cm³/mol. The molecule has 2 unspecified atom stereocenters. The van der Waals surface area contributed by atoms with Crippen molar-refractivity contribution in [3.8, 4) is 0 Å². The summed E-state index contributed by atoms with van der Waals surface area (Å²) in [6.07, 6.45) is 0. The van der Waals surface area contributed by atoms with Gasteiger partial charge in [0, 0.05) is 16.2 Å². The standard InChI is InChI=1S/C20H21ClN2O2/c1-20(2,3)23-17(13-8-7-9-14(21)12-13)16(19(23)25)18(24)22-15-10-5-4-6-11-15/h4-12,16-17H,1-3H3,(H,22,24). The minimum absolute atomic E-state index is 0.161. The van der Waals surface area contributed by atoms with Crippen molar-refractivity contribution in [2.75, 3.05) is 5.32 Å². The van der Waals surface area contributed by atoms with Gasteiger partial charge in [0.25, 0.3) is 0 Å². The Bertz CT molecular complexity index is 799. The Labute approximate surface area is 152 Å². The Morgan fingerprint density at radius 3 is 2.36 bits per heavy atom. The zero-order valence-electron chi connectivity index (χ0n) is 14.5. The van der Waals surface area contributed by atoms with Crippen LogP contribution in [0.4, 0.5) is 5.69 Å². The first-order chi connectivity index (χ1) is 11.8. The van der Waals surface area contributed by atoms with E-state index < -0.39 is 5.92 Å². The number of carbonyl (C=O) groups excluding carboxylic acids is 2. The van der Waals surface area contributed by atoms with Crippen LogP contribution < -0.4 is 5.32 Å². The number of benzene rings is 2. The second-order valence-corrected chi connectivity index (χ2v) is 7.65. The molecule has 3 rings (SSSR count). The first-order valence-corrected chi connectivity index (χ1v) is 8.61. The summed E-state index contributed by atoms with van der Waals surface area (Å²) in [7, 11) is 0. The minimum atomic E-state index is -0.752. The zero-order chi connectivity index (χ0) is 18.2. The maximum Gasteiger partial charge on any atom is 0.239 e. The van der Waals surface area contributed by atoms with Crippen LogP contribution in [0.1, 0.15) is 32.4 Å². The SMILES string of the molecule is CC(C)(C)N1C(=O)C(C(=O)Nc2ccccc2)C1c1cccc(Cl)c1. The molecule has 2 aromatic rings. The lowest BCUT2D eigenvalue weighted by Gasteiger charge is -2.53. The Hall–Kier alpha value is -2.33. The molecule has 2 atom stereocenters. The maximum atomic E-state index is 12.8. The van der Waals surface area contributed by atoms with E-state index in [1.54, 1.807) is 23.1 Å². The topological polar surface area (TPSA) is 49.4 Å². The third-order valence-corrected chi connectivity index (χ3v) is 4.57. The van der Waals surface area contributed by atoms with E-state index >= 15 is 0 Å². The van der Waals surface area contributed by atoms with Crippen LogP contribution in [-0.4, -0.2) is 22.3 Å². The van der Waals surface area contributed by atoms with Crippen molar-refractivity contribution in [2.45, 2.75) is 32.4 Å². The molecule has 5 heteroatoms. The molecular formula is C20H21ClN2O2. The van der Waals surface area contributed by atoms with Gasteiger partial charge in [-0.05, 0) is 50.6 Å². The molecule has 0 bridgehead atoms. The summed E-state index contributed by atoms with van der Waals surface area (Å²) < 4.78 is 0. The second-order valence-electron chi connectivity index (χ2n) is 7.21. The van der Waals surface area contributed by atoms with Crippen molar-refractivity contribution in [1.82, 2.24) is 4.90 Å². The number of rotatable bonds is 3. The largest absolute Gasteiger partial charge is 0.329 e. The fourth-order valence-corrected chi connectivity index (χ4v) is 3.46. The van der Waals surface area contributed by atoms with Gasteiger partial charge < -0.3 is 10.2 Å². The van der Waals surface area contributed by atoms with Gasteiger partial charge >= 0.3 is 0 Å². The lowest BCUT2D eigenvalue weighted by Crippen LogP contribution is -2.65. The van der Waals surface area contributed by atoms with Gasteiger partial charge in [0.05, 0.1) is 6.04 Å². The van der Waals surface area contributed by atoms with Crippen molar-refractivity contribution < 1.29 is 9.59 Å². The number of hydrogen-bond donors (Lipinski definition) is 1. The molecule has 2 aromatic carbocycles. The molecule has 0 aliphatic carbocycles. The highest BCUT2D eigenvalue weighted by Gasteiger charge is 2.55. The number of hydrogen-bond acceptors (Lipinski definition) is 2. The normalized spacial score (nSPS) is 20.2. The summed E-state index contributed by atoms with van der Waals surface area (Å²) in [5.41, 5.74) is 1.17. The van der Waals surface area contributed by atoms with E-state index in [9.17, 15) is 9.59 Å². The molecule has 1 N–H and O–H groups in total. The van der Waals surface area contributed by atoms with E-state index in [0.29, 0.717) is 10.7 Å². The number of nitrogens with one attached hydrogen (secondary N) is 1. The monoisotopic (exact) mass is 356 g/mol. The van der Waals surface area contributed by atoms with Crippen LogP contribution in [0.15, 0.2) is 54.6 Å². The summed E-state index contributed by atoms with van der Waals surface area (Å²) in [6.45, 7) is 5.90. The molecule has 0 radical (unpaired) electrons. The number of likely N-dealkylation sites (tertiary alicyclic amines) is 1. The summed E-state index contributed by atoms with van der Waals surface area (Å²) in [5.74, 6) is -1.20. The predicted octanol–water partition coefficient (Wildman–Crippen LogP) is 4.28. The average molecular weight is 357 g/mol. The molecule has 1 aliphatic heterocycles. The van der Waals surface area contributed by atoms with Crippen molar-refractivity contribution in [1.29, 1.82) is 0 Å². The Morgan fingerprint density at radius 1 is 1.08 bits per heavy atom. The van der Waals surface area contributed by atoms with E-state index in [0.717, 1.165) is 5.56 Å². The molecule has 2 amide bonds. The quantitative estimate of drug-likeness (QED) is 0.659. The number of halogens is 1. The summed E-state index contributed by atoms with van der Waals surface area (Å²) in [4.78, 5) is 27.3. The van der Waals surface area contributed by atoms with Crippen molar-refractivity contribution in [2.24, 2.45) is 5.92 Å². The van der Waals surface area contributed by atoms with Crippen molar-refractivity contribution in [3.63, 3.8) is 0 Å². The van der Waals surface area contributed by atoms with Gasteiger partial charge in [-0.15, -0.1) is 0 Å². The highest BCUT2D eigenvalue weighted by Crippen LogP contribution is 2.45. The van der Waals surface area contributed by atoms with E-state index in [-0.39, 0.29) is 23.4 Å². The summed E-state index contributed by atoms with van der Waals surface area (Å²) in [6, 6.07) is 16.2. The van der Waals surface area contributed by atoms with Gasteiger partial charge in [-0.1, -0.05) is 41.9 Å². The van der Waals surface area contributed by atoms with Crippen LogP contribution in [0.2, 0.25) is 5.02 Å². The first kappa shape index (κ1) is 17.5. The van der Waals surface area contributed by atoms with Crippen LogP contribution in [0.3, 0.4) is 0 Å². The smallest absolute Gasteiger partial charge is 0.239 e. The molecule has 1 heterocycles. The van der Waals surface area contributed by atoms with Crippen LogP contribution in [0, 0.1) is 5.92 Å². The van der Waals surface area contributed by atoms with Gasteiger partial charge in [0.1, 0.15) is 5.92 Å². The van der Waals surface area contributed by atoms with Crippen LogP contribution in [-0.2, 0) is 9.59 Å². The van der Waals surface area contributed by atoms with E-state index in [1.165, 1.54) is 0 Å². The highest BCUT2D eigenvalue weighted by atomic mass is 35.5. The second kappa shape index (κ2) is 6.52. The number of carbonyl (C=O) groups is 2. The van der Waals surface area contributed by atoms with Crippen LogP contribution in [0.25, 0.3) is 0 Å². The maximum absolute atomic E-state index is 12.8. The van der Waals surface area contributed by atoms with Crippen molar-refractivity contribution in [3.05, 3.63) is 65.2 Å². The third kappa shape index (κ3) is 3.40. The summed E-state index contributed by atoms with van der Waals surface area (Å²) in [5, 5.41) is 3.43. The Kier molecular flexibility index (Phi) is 4.56. The molecule has 1 fully saturated rings. The minimum Gasteiger partial charge on any atom is -0.329 e. The van der Waals surface area contributed by atoms with E-state index in [1.807, 2.05) is 57.2 Å². The average Bonchev–Trinajstić information content (AvgIpc) is 2.52. The summed E-state index contributed by atoms with van der Waals surface area (Å²) >= 11 is 6.12. The van der Waals surface area contributed by atoms with Crippen LogP contribution >= 0.6 is 11.6 Å². The number of nitrogens with zero attached hydrogens (tertiary/aromatic N) is 1. The molecule has 0 spiro atoms. The molecule has 0 saturated carbocycles. The van der Waals surface area contributed by atoms with Gasteiger partial charge in [-0.25, -0.2) is 0 Å². The fourth-order valence-electron chi connectivity index (χ4n) is 3.27. The molecule has 1 aliphatic rings. The van der Waals surface area contributed by atoms with Gasteiger partial charge in [-0.3, -0.25) is 9.59 Å². The molecule has 1 saturated heterocycles. The van der Waals surface area contributed by atoms with Gasteiger partial charge in [-0.2, -0.15) is 0 Å². The number of β-lactam (4-membered cyclic amide) rings is 1. The molecule has 4 nitrogen and oxygen atoms in total. The number of anilines is 1. The zero-order valence-corrected chi connectivity index (χ0v) is 15.2. The van der Waals surface area contributed by atoms with Gasteiger partial charge in [0.2, 0.25) is 11.8 Å². The van der Waals surface area contributed by atoms with Crippen LogP contribution in [0.5, 0.6) is 0 Å². The lowest BCUT2D eigenvalue weighted by atomic mass is 9.78. The third-order valence-electron chi connectivity index (χ3n) is 4.33. The lowest BCUT2D eigenvalue weighted by molar-refractivity contribution is -0.169. The first-order valence-electron chi connectivity index (χ1n) is 8.23. The highest BCUT2D eigenvalue weighted by molar-refractivity contribution is 6.30. The Morgan fingerprint density at radius 2 is 1.76 bits per heavy atom. The number of amides is 2. The fraction of sp³-hybridized carbons (Fsp3) is 0.300. The number of para-hydroxylation sites is 1. The molecule has 25 heavy (non-hydrogen) atoms. The Balaban J connectivity index is 1.91. The van der Waals surface area contributed by atoms with E-state index in [2.05, 4.69) is 5.32 Å².